The van der Waals surface area contributed by atoms with Crippen LogP contribution in [-0.2, 0) is 0 Å². The van der Waals surface area contributed by atoms with Gasteiger partial charge in [-0.3, -0.25) is 4.99 Å². The summed E-state index contributed by atoms with van der Waals surface area (Å²) in [4.78, 5) is 4.15. The van der Waals surface area contributed by atoms with Crippen LogP contribution in [0.5, 0.6) is 0 Å². The third-order valence-electron chi connectivity index (χ3n) is 3.64. The Labute approximate surface area is 115 Å². The lowest BCUT2D eigenvalue weighted by Crippen LogP contribution is -2.15. The molecule has 18 heavy (non-hydrogen) atoms. The zero-order valence-electron chi connectivity index (χ0n) is 13.5. The van der Waals surface area contributed by atoms with E-state index in [1.807, 2.05) is 0 Å². The highest BCUT2D eigenvalue weighted by molar-refractivity contribution is 5.25. The van der Waals surface area contributed by atoms with Crippen molar-refractivity contribution in [3.05, 3.63) is 0 Å². The van der Waals surface area contributed by atoms with Crippen molar-refractivity contribution >= 4 is 6.72 Å². The van der Waals surface area contributed by atoms with Gasteiger partial charge in [0.2, 0.25) is 0 Å². The van der Waals surface area contributed by atoms with Crippen LogP contribution in [-0.4, -0.2) is 12.3 Å². The van der Waals surface area contributed by atoms with E-state index in [4.69, 9.17) is 0 Å². The van der Waals surface area contributed by atoms with Crippen LogP contribution in [0.25, 0.3) is 0 Å². The minimum absolute atomic E-state index is 0.0900. The molecular formula is C17H35N. The largest absolute Gasteiger partial charge is 0.295 e. The van der Waals surface area contributed by atoms with Crippen molar-refractivity contribution in [1.29, 1.82) is 0 Å². The smallest absolute Gasteiger partial charge is 0.0545 e. The Hall–Kier alpha value is -0.330. The molecule has 0 aliphatic carbocycles. The zero-order valence-corrected chi connectivity index (χ0v) is 13.5. The Bertz CT molecular complexity index is 210. The van der Waals surface area contributed by atoms with Gasteiger partial charge in [0, 0.05) is 0 Å². The molecule has 1 heteroatoms. The molecule has 0 aromatic heterocycles. The van der Waals surface area contributed by atoms with Gasteiger partial charge in [0.15, 0.2) is 0 Å². The first-order chi connectivity index (χ1) is 8.27. The second-order valence-corrected chi connectivity index (χ2v) is 7.51. The van der Waals surface area contributed by atoms with Crippen molar-refractivity contribution in [3.63, 3.8) is 0 Å². The van der Waals surface area contributed by atoms with E-state index in [1.165, 1.54) is 57.8 Å². The summed E-state index contributed by atoms with van der Waals surface area (Å²) in [6.45, 7) is 15.0. The van der Waals surface area contributed by atoms with Gasteiger partial charge in [0.05, 0.1) is 5.54 Å². The standard InChI is InChI=1S/C17H35N/c1-16(2,3)14-12-10-8-7-9-11-13-15-17(4,5)18-6/h6-15H2,1-5H3. The number of hydrogen-bond donors (Lipinski definition) is 0. The van der Waals surface area contributed by atoms with Crippen molar-refractivity contribution in [3.8, 4) is 0 Å². The first kappa shape index (κ1) is 17.7. The predicted molar refractivity (Wildman–Crippen MR) is 84.6 cm³/mol. The molecule has 1 nitrogen and oxygen atoms in total. The predicted octanol–water partition coefficient (Wildman–Crippen LogP) is 6.02. The first-order valence-corrected chi connectivity index (χ1v) is 7.75. The molecule has 0 aromatic rings. The highest BCUT2D eigenvalue weighted by atomic mass is 14.8. The maximum absolute atomic E-state index is 4.15. The molecule has 108 valence electrons. The Morgan fingerprint density at radius 3 is 1.44 bits per heavy atom. The Morgan fingerprint density at radius 1 is 0.667 bits per heavy atom. The van der Waals surface area contributed by atoms with Gasteiger partial charge in [0.1, 0.15) is 0 Å². The molecule has 0 saturated heterocycles. The summed E-state index contributed by atoms with van der Waals surface area (Å²) in [5.41, 5.74) is 0.607. The number of nitrogens with zero attached hydrogens (tertiary/aromatic N) is 1. The van der Waals surface area contributed by atoms with Crippen LogP contribution in [0.4, 0.5) is 0 Å². The quantitative estimate of drug-likeness (QED) is 0.333. The van der Waals surface area contributed by atoms with Crippen LogP contribution in [0.1, 0.15) is 92.4 Å². The van der Waals surface area contributed by atoms with Crippen molar-refractivity contribution in [1.82, 2.24) is 0 Å². The molecule has 0 aliphatic heterocycles. The number of rotatable bonds is 10. The summed E-state index contributed by atoms with van der Waals surface area (Å²) in [6.07, 6.45) is 12.2. The van der Waals surface area contributed by atoms with E-state index in [9.17, 15) is 0 Å². The normalized spacial score (nSPS) is 12.7. The van der Waals surface area contributed by atoms with E-state index >= 15 is 0 Å². The van der Waals surface area contributed by atoms with Gasteiger partial charge in [-0.05, 0) is 38.8 Å². The van der Waals surface area contributed by atoms with Crippen LogP contribution in [0.3, 0.4) is 0 Å². The SMILES string of the molecule is C=NC(C)(C)CCCCCCCCCC(C)(C)C. The first-order valence-electron chi connectivity index (χ1n) is 7.75. The third kappa shape index (κ3) is 12.1. The number of unbranched alkanes of at least 4 members (excludes halogenated alkanes) is 6. The van der Waals surface area contributed by atoms with Crippen LogP contribution >= 0.6 is 0 Å². The number of aliphatic imine (C=N–C) groups is 1. The second kappa shape index (κ2) is 8.72. The summed E-state index contributed by atoms with van der Waals surface area (Å²) < 4.78 is 0. The molecule has 0 fully saturated rings. The second-order valence-electron chi connectivity index (χ2n) is 7.51. The summed E-state index contributed by atoms with van der Waals surface area (Å²) in [6, 6.07) is 0. The molecular weight excluding hydrogens is 218 g/mol. The average Bonchev–Trinajstić information content (AvgIpc) is 2.25. The van der Waals surface area contributed by atoms with Crippen molar-refractivity contribution in [2.75, 3.05) is 0 Å². The summed E-state index contributed by atoms with van der Waals surface area (Å²) in [5.74, 6) is 0. The van der Waals surface area contributed by atoms with E-state index in [0.29, 0.717) is 5.41 Å². The Morgan fingerprint density at radius 2 is 1.06 bits per heavy atom. The van der Waals surface area contributed by atoms with E-state index in [-0.39, 0.29) is 5.54 Å². The van der Waals surface area contributed by atoms with Crippen molar-refractivity contribution in [2.24, 2.45) is 10.4 Å². The van der Waals surface area contributed by atoms with Gasteiger partial charge in [-0.2, -0.15) is 0 Å². The Kier molecular flexibility index (Phi) is 8.56. The van der Waals surface area contributed by atoms with Gasteiger partial charge in [-0.25, -0.2) is 0 Å². The Balaban J connectivity index is 3.25. The van der Waals surface area contributed by atoms with Crippen molar-refractivity contribution in [2.45, 2.75) is 97.9 Å². The zero-order chi connectivity index (χ0) is 14.1. The van der Waals surface area contributed by atoms with E-state index in [1.54, 1.807) is 0 Å². The molecule has 0 spiro atoms. The maximum Gasteiger partial charge on any atom is 0.0545 e. The van der Waals surface area contributed by atoms with Gasteiger partial charge in [0.25, 0.3) is 0 Å². The fourth-order valence-corrected chi connectivity index (χ4v) is 2.18. The molecule has 0 atom stereocenters. The third-order valence-corrected chi connectivity index (χ3v) is 3.64. The highest BCUT2D eigenvalue weighted by Gasteiger charge is 2.13. The van der Waals surface area contributed by atoms with E-state index < -0.39 is 0 Å². The lowest BCUT2D eigenvalue weighted by molar-refractivity contribution is 0.356. The van der Waals surface area contributed by atoms with Gasteiger partial charge in [-0.1, -0.05) is 65.7 Å². The monoisotopic (exact) mass is 253 g/mol. The van der Waals surface area contributed by atoms with Crippen molar-refractivity contribution < 1.29 is 0 Å². The summed E-state index contributed by atoms with van der Waals surface area (Å²) >= 11 is 0. The minimum Gasteiger partial charge on any atom is -0.295 e. The highest BCUT2D eigenvalue weighted by Crippen LogP contribution is 2.23. The van der Waals surface area contributed by atoms with Crippen LogP contribution < -0.4 is 0 Å². The maximum atomic E-state index is 4.15. The fourth-order valence-electron chi connectivity index (χ4n) is 2.18. The van der Waals surface area contributed by atoms with Gasteiger partial charge in [-0.15, -0.1) is 0 Å². The average molecular weight is 253 g/mol. The van der Waals surface area contributed by atoms with Gasteiger partial charge >= 0.3 is 0 Å². The van der Waals surface area contributed by atoms with Crippen LogP contribution in [0.2, 0.25) is 0 Å². The van der Waals surface area contributed by atoms with E-state index in [0.717, 1.165) is 0 Å². The molecule has 0 unspecified atom stereocenters. The molecule has 0 aliphatic rings. The fraction of sp³-hybridized carbons (Fsp3) is 0.941. The molecule has 0 aromatic carbocycles. The van der Waals surface area contributed by atoms with Gasteiger partial charge < -0.3 is 0 Å². The molecule has 0 saturated carbocycles. The molecule has 0 rings (SSSR count). The van der Waals surface area contributed by atoms with Crippen LogP contribution in [0.15, 0.2) is 4.99 Å². The summed E-state index contributed by atoms with van der Waals surface area (Å²) in [5, 5.41) is 0. The molecule has 0 bridgehead atoms. The topological polar surface area (TPSA) is 12.4 Å². The molecule has 0 N–H and O–H groups in total. The lowest BCUT2D eigenvalue weighted by atomic mass is 9.89. The lowest BCUT2D eigenvalue weighted by Gasteiger charge is -2.18. The summed E-state index contributed by atoms with van der Waals surface area (Å²) in [7, 11) is 0. The van der Waals surface area contributed by atoms with Crippen LogP contribution in [0, 0.1) is 5.41 Å². The molecule has 0 radical (unpaired) electrons. The molecule has 0 amide bonds. The minimum atomic E-state index is 0.0900. The van der Waals surface area contributed by atoms with E-state index in [2.05, 4.69) is 46.3 Å². The molecule has 0 heterocycles. The number of hydrogen-bond acceptors (Lipinski definition) is 1.